The van der Waals surface area contributed by atoms with Gasteiger partial charge in [0.1, 0.15) is 18.4 Å². The second-order valence-electron chi connectivity index (χ2n) is 7.16. The molecule has 1 amide bonds. The number of carbonyl (C=O) groups excluding carboxylic acids is 1. The van der Waals surface area contributed by atoms with E-state index in [-0.39, 0.29) is 5.91 Å². The zero-order valence-corrected chi connectivity index (χ0v) is 16.0. The van der Waals surface area contributed by atoms with E-state index < -0.39 is 0 Å². The van der Waals surface area contributed by atoms with Crippen molar-refractivity contribution in [2.75, 3.05) is 13.1 Å². The Labute approximate surface area is 163 Å². The molecule has 28 heavy (non-hydrogen) atoms. The number of amides is 1. The monoisotopic (exact) mass is 378 g/mol. The van der Waals surface area contributed by atoms with Gasteiger partial charge in [-0.2, -0.15) is 0 Å². The average molecular weight is 378 g/mol. The Balaban J connectivity index is 1.39. The molecule has 0 N–H and O–H groups in total. The molecule has 0 radical (unpaired) electrons. The van der Waals surface area contributed by atoms with Crippen LogP contribution >= 0.6 is 0 Å². The lowest BCUT2D eigenvalue weighted by molar-refractivity contribution is 0.0689. The Morgan fingerprint density at radius 3 is 2.57 bits per heavy atom. The minimum Gasteiger partial charge on any atom is -0.361 e. The summed E-state index contributed by atoms with van der Waals surface area (Å²) in [6.45, 7) is 5.28. The fourth-order valence-electron chi connectivity index (χ4n) is 3.72. The first-order valence-corrected chi connectivity index (χ1v) is 9.40. The summed E-state index contributed by atoms with van der Waals surface area (Å²) in [5.41, 5.74) is 4.16. The number of aromatic nitrogens is 5. The Bertz CT molecular complexity index is 944. The Kier molecular flexibility index (Phi) is 5.10. The van der Waals surface area contributed by atoms with Crippen molar-refractivity contribution in [3.63, 3.8) is 0 Å². The number of rotatable bonds is 4. The van der Waals surface area contributed by atoms with Gasteiger partial charge in [0.15, 0.2) is 0 Å². The highest BCUT2D eigenvalue weighted by Crippen LogP contribution is 2.27. The molecule has 8 heteroatoms. The van der Waals surface area contributed by atoms with Crippen LogP contribution in [0.15, 0.2) is 35.6 Å². The molecule has 1 saturated heterocycles. The van der Waals surface area contributed by atoms with Crippen LogP contribution in [0.1, 0.15) is 40.3 Å². The van der Waals surface area contributed by atoms with E-state index in [1.54, 1.807) is 18.7 Å². The molecule has 0 aromatic carbocycles. The third-order valence-corrected chi connectivity index (χ3v) is 5.22. The topological polar surface area (TPSA) is 97.9 Å². The van der Waals surface area contributed by atoms with Gasteiger partial charge in [-0.05, 0) is 45.1 Å². The second kappa shape index (κ2) is 7.84. The second-order valence-corrected chi connectivity index (χ2v) is 7.16. The van der Waals surface area contributed by atoms with Gasteiger partial charge in [0.05, 0.1) is 22.5 Å². The molecule has 0 atom stereocenters. The Hall–Kier alpha value is -3.16. The SMILES string of the molecule is Cc1noc(C)c1-c1cc(CC2CCN(C(=O)c3cncnc3)CC2)ncn1. The molecule has 0 saturated carbocycles. The van der Waals surface area contributed by atoms with Gasteiger partial charge in [-0.3, -0.25) is 4.79 Å². The number of aryl methyl sites for hydroxylation is 2. The summed E-state index contributed by atoms with van der Waals surface area (Å²) in [6.07, 6.45) is 8.94. The summed E-state index contributed by atoms with van der Waals surface area (Å²) in [7, 11) is 0. The lowest BCUT2D eigenvalue weighted by atomic mass is 9.91. The molecule has 144 valence electrons. The lowest BCUT2D eigenvalue weighted by Gasteiger charge is -2.31. The molecule has 8 nitrogen and oxygen atoms in total. The van der Waals surface area contributed by atoms with Crippen LogP contribution in [0.4, 0.5) is 0 Å². The number of nitrogens with zero attached hydrogens (tertiary/aromatic N) is 6. The molecule has 1 aliphatic rings. The van der Waals surface area contributed by atoms with Crippen molar-refractivity contribution in [2.24, 2.45) is 5.92 Å². The van der Waals surface area contributed by atoms with Crippen molar-refractivity contribution in [3.05, 3.63) is 53.8 Å². The lowest BCUT2D eigenvalue weighted by Crippen LogP contribution is -2.39. The highest BCUT2D eigenvalue weighted by Gasteiger charge is 2.24. The number of piperidine rings is 1. The maximum absolute atomic E-state index is 12.5. The zero-order chi connectivity index (χ0) is 19.5. The van der Waals surface area contributed by atoms with Gasteiger partial charge in [0.2, 0.25) is 0 Å². The van der Waals surface area contributed by atoms with E-state index in [0.717, 1.165) is 60.8 Å². The van der Waals surface area contributed by atoms with Gasteiger partial charge in [-0.25, -0.2) is 19.9 Å². The molecule has 1 aliphatic heterocycles. The van der Waals surface area contributed by atoms with Gasteiger partial charge in [0.25, 0.3) is 5.91 Å². The summed E-state index contributed by atoms with van der Waals surface area (Å²) < 4.78 is 5.25. The molecule has 3 aromatic rings. The van der Waals surface area contributed by atoms with Crippen molar-refractivity contribution >= 4 is 5.91 Å². The molecule has 0 bridgehead atoms. The van der Waals surface area contributed by atoms with Crippen LogP contribution in [0.3, 0.4) is 0 Å². The van der Waals surface area contributed by atoms with Crippen molar-refractivity contribution < 1.29 is 9.32 Å². The molecule has 0 aliphatic carbocycles. The molecular weight excluding hydrogens is 356 g/mol. The minimum atomic E-state index is 0.00165. The predicted molar refractivity (Wildman–Crippen MR) is 101 cm³/mol. The smallest absolute Gasteiger partial charge is 0.256 e. The van der Waals surface area contributed by atoms with E-state index in [4.69, 9.17) is 4.52 Å². The summed E-state index contributed by atoms with van der Waals surface area (Å²) in [4.78, 5) is 31.1. The van der Waals surface area contributed by atoms with Crippen molar-refractivity contribution in [1.82, 2.24) is 30.0 Å². The summed E-state index contributed by atoms with van der Waals surface area (Å²) in [5.74, 6) is 1.25. The third-order valence-electron chi connectivity index (χ3n) is 5.22. The summed E-state index contributed by atoms with van der Waals surface area (Å²) in [6, 6.07) is 2.02. The number of carbonyl (C=O) groups is 1. The standard InChI is InChI=1S/C20H22N6O2/c1-13-19(14(2)28-25-13)18-8-17(23-12-24-18)7-15-3-5-26(6-4-15)20(27)16-9-21-11-22-10-16/h8-12,15H,3-7H2,1-2H3. The normalized spacial score (nSPS) is 15.0. The molecule has 0 unspecified atom stereocenters. The third kappa shape index (κ3) is 3.76. The van der Waals surface area contributed by atoms with Crippen LogP contribution in [0.2, 0.25) is 0 Å². The molecule has 3 aromatic heterocycles. The fraction of sp³-hybridized carbons (Fsp3) is 0.400. The average Bonchev–Trinajstić information content (AvgIpc) is 3.07. The fourth-order valence-corrected chi connectivity index (χ4v) is 3.72. The van der Waals surface area contributed by atoms with Crippen LogP contribution in [-0.2, 0) is 6.42 Å². The van der Waals surface area contributed by atoms with E-state index in [2.05, 4.69) is 25.1 Å². The largest absolute Gasteiger partial charge is 0.361 e. The molecule has 4 heterocycles. The maximum Gasteiger partial charge on any atom is 0.256 e. The van der Waals surface area contributed by atoms with Crippen LogP contribution in [0, 0.1) is 19.8 Å². The van der Waals surface area contributed by atoms with Crippen molar-refractivity contribution in [1.29, 1.82) is 0 Å². The minimum absolute atomic E-state index is 0.00165. The van der Waals surface area contributed by atoms with Gasteiger partial charge in [-0.1, -0.05) is 5.16 Å². The van der Waals surface area contributed by atoms with Crippen LogP contribution in [0.5, 0.6) is 0 Å². The Morgan fingerprint density at radius 1 is 1.14 bits per heavy atom. The van der Waals surface area contributed by atoms with Crippen molar-refractivity contribution in [3.8, 4) is 11.3 Å². The maximum atomic E-state index is 12.5. The van der Waals surface area contributed by atoms with Gasteiger partial charge in [-0.15, -0.1) is 0 Å². The van der Waals surface area contributed by atoms with E-state index in [9.17, 15) is 4.79 Å². The van der Waals surface area contributed by atoms with Gasteiger partial charge in [0, 0.05) is 31.2 Å². The first-order chi connectivity index (χ1) is 13.6. The first-order valence-electron chi connectivity index (χ1n) is 9.40. The van der Waals surface area contributed by atoms with Crippen LogP contribution in [0.25, 0.3) is 11.3 Å². The van der Waals surface area contributed by atoms with Crippen molar-refractivity contribution in [2.45, 2.75) is 33.1 Å². The predicted octanol–water partition coefficient (Wildman–Crippen LogP) is 2.63. The number of likely N-dealkylation sites (tertiary alicyclic amines) is 1. The quantitative estimate of drug-likeness (QED) is 0.688. The van der Waals surface area contributed by atoms with Crippen LogP contribution < -0.4 is 0 Å². The molecule has 4 rings (SSSR count). The Morgan fingerprint density at radius 2 is 1.89 bits per heavy atom. The zero-order valence-electron chi connectivity index (χ0n) is 16.0. The molecule has 0 spiro atoms. The highest BCUT2D eigenvalue weighted by atomic mass is 16.5. The van der Waals surface area contributed by atoms with E-state index in [1.807, 2.05) is 24.8 Å². The summed E-state index contributed by atoms with van der Waals surface area (Å²) in [5, 5.41) is 4.01. The first kappa shape index (κ1) is 18.2. The van der Waals surface area contributed by atoms with Crippen LogP contribution in [-0.4, -0.2) is 49.0 Å². The van der Waals surface area contributed by atoms with Gasteiger partial charge < -0.3 is 9.42 Å². The molecular formula is C20H22N6O2. The number of hydrogen-bond acceptors (Lipinski definition) is 7. The van der Waals surface area contributed by atoms with E-state index in [1.165, 1.54) is 6.33 Å². The highest BCUT2D eigenvalue weighted by molar-refractivity contribution is 5.93. The van der Waals surface area contributed by atoms with E-state index >= 15 is 0 Å². The number of hydrogen-bond donors (Lipinski definition) is 0. The molecule has 1 fully saturated rings. The summed E-state index contributed by atoms with van der Waals surface area (Å²) >= 11 is 0. The van der Waals surface area contributed by atoms with E-state index in [0.29, 0.717) is 11.5 Å². The van der Waals surface area contributed by atoms with Gasteiger partial charge >= 0.3 is 0 Å².